The molecule has 2 fully saturated rings. The van der Waals surface area contributed by atoms with Gasteiger partial charge in [0.15, 0.2) is 0 Å². The molecule has 3 aliphatic heterocycles. The smallest absolute Gasteiger partial charge is 0.321 e. The minimum absolute atomic E-state index is 0.0539. The van der Waals surface area contributed by atoms with E-state index in [1.807, 2.05) is 42.5 Å². The van der Waals surface area contributed by atoms with Crippen LogP contribution < -0.4 is 15.0 Å². The van der Waals surface area contributed by atoms with Gasteiger partial charge < -0.3 is 25.0 Å². The van der Waals surface area contributed by atoms with Crippen LogP contribution in [0, 0.1) is 0 Å². The van der Waals surface area contributed by atoms with Crippen molar-refractivity contribution in [3.8, 4) is 5.75 Å². The van der Waals surface area contributed by atoms with E-state index in [0.717, 1.165) is 61.0 Å². The molecule has 0 saturated carbocycles. The third kappa shape index (κ3) is 4.37. The zero-order valence-corrected chi connectivity index (χ0v) is 19.9. The molecule has 2 atom stereocenters. The first-order valence-electron chi connectivity index (χ1n) is 11.6. The number of benzene rings is 2. The first-order chi connectivity index (χ1) is 15.8. The molecule has 176 valence electrons. The molecule has 0 aromatic heterocycles. The van der Waals surface area contributed by atoms with E-state index in [-0.39, 0.29) is 17.7 Å². The maximum Gasteiger partial charge on any atom is 0.321 e. The molecule has 2 amide bonds. The lowest BCUT2D eigenvalue weighted by molar-refractivity contribution is -0.0107. The summed E-state index contributed by atoms with van der Waals surface area (Å²) < 4.78 is 6.39. The lowest BCUT2D eigenvalue weighted by Crippen LogP contribution is -2.53. The summed E-state index contributed by atoms with van der Waals surface area (Å²) in [6.45, 7) is 3.04. The number of piperidine rings is 1. The van der Waals surface area contributed by atoms with Gasteiger partial charge in [0.1, 0.15) is 11.4 Å². The number of rotatable bonds is 3. The van der Waals surface area contributed by atoms with Gasteiger partial charge in [0.05, 0.1) is 23.5 Å². The first kappa shape index (κ1) is 22.3. The molecule has 2 aromatic carbocycles. The molecule has 2 saturated heterocycles. The Labute approximate surface area is 199 Å². The molecule has 2 aromatic rings. The van der Waals surface area contributed by atoms with Crippen molar-refractivity contribution in [2.45, 2.75) is 37.0 Å². The number of para-hydroxylation sites is 2. The van der Waals surface area contributed by atoms with E-state index in [4.69, 9.17) is 16.3 Å². The third-order valence-electron chi connectivity index (χ3n) is 7.19. The maximum absolute atomic E-state index is 12.2. The second kappa shape index (κ2) is 8.70. The average Bonchev–Trinajstić information content (AvgIpc) is 3.34. The topological polar surface area (TPSA) is 68.3 Å². The van der Waals surface area contributed by atoms with E-state index in [0.29, 0.717) is 6.54 Å². The van der Waals surface area contributed by atoms with Crippen LogP contribution in [0.5, 0.6) is 5.75 Å². The summed E-state index contributed by atoms with van der Waals surface area (Å²) in [4.78, 5) is 18.3. The Morgan fingerprint density at radius 2 is 1.94 bits per heavy atom. The lowest BCUT2D eigenvalue weighted by Gasteiger charge is -2.41. The van der Waals surface area contributed by atoms with Crippen LogP contribution in [0.2, 0.25) is 5.02 Å². The lowest BCUT2D eigenvalue weighted by atomic mass is 9.86. The standard InChI is InChI=1S/C25H31ClN4O3/c1-28(2)24(32)27-19-5-3-4-6-20(19)30-15-21(22(31)16-30)29-11-9-25(10-12-29)14-17-13-18(26)7-8-23(17)33-25/h3-8,13,21-22,31H,9-12,14-16H2,1-2H3,(H,27,32). The molecule has 8 heteroatoms. The highest BCUT2D eigenvalue weighted by Gasteiger charge is 2.45. The number of halogens is 1. The van der Waals surface area contributed by atoms with Crippen LogP contribution >= 0.6 is 11.6 Å². The Hall–Kier alpha value is -2.48. The van der Waals surface area contributed by atoms with Gasteiger partial charge in [-0.15, -0.1) is 0 Å². The van der Waals surface area contributed by atoms with E-state index >= 15 is 0 Å². The third-order valence-corrected chi connectivity index (χ3v) is 7.43. The number of nitrogens with one attached hydrogen (secondary N) is 1. The van der Waals surface area contributed by atoms with Gasteiger partial charge in [-0.25, -0.2) is 4.79 Å². The zero-order valence-electron chi connectivity index (χ0n) is 19.1. The molecule has 5 rings (SSSR count). The van der Waals surface area contributed by atoms with Crippen LogP contribution in [0.4, 0.5) is 16.2 Å². The van der Waals surface area contributed by atoms with Crippen molar-refractivity contribution in [3.05, 3.63) is 53.1 Å². The van der Waals surface area contributed by atoms with Gasteiger partial charge in [0, 0.05) is 64.6 Å². The Morgan fingerprint density at radius 1 is 1.18 bits per heavy atom. The molecule has 1 spiro atoms. The van der Waals surface area contributed by atoms with Crippen molar-refractivity contribution in [1.29, 1.82) is 0 Å². The number of carbonyl (C=O) groups is 1. The number of aliphatic hydroxyl groups is 1. The Morgan fingerprint density at radius 3 is 2.70 bits per heavy atom. The molecule has 33 heavy (non-hydrogen) atoms. The van der Waals surface area contributed by atoms with Crippen LogP contribution in [-0.2, 0) is 6.42 Å². The second-order valence-electron chi connectivity index (χ2n) is 9.63. The highest BCUT2D eigenvalue weighted by atomic mass is 35.5. The van der Waals surface area contributed by atoms with E-state index < -0.39 is 6.10 Å². The van der Waals surface area contributed by atoms with Crippen molar-refractivity contribution in [2.75, 3.05) is 50.5 Å². The highest BCUT2D eigenvalue weighted by molar-refractivity contribution is 6.30. The minimum Gasteiger partial charge on any atom is -0.487 e. The molecule has 0 bridgehead atoms. The number of hydrogen-bond acceptors (Lipinski definition) is 5. The van der Waals surface area contributed by atoms with Gasteiger partial charge in [0.2, 0.25) is 0 Å². The largest absolute Gasteiger partial charge is 0.487 e. The number of anilines is 2. The van der Waals surface area contributed by atoms with Gasteiger partial charge in [-0.3, -0.25) is 4.90 Å². The maximum atomic E-state index is 12.2. The SMILES string of the molecule is CN(C)C(=O)Nc1ccccc1N1CC(O)C(N2CCC3(CC2)Cc2cc(Cl)ccc2O3)C1. The van der Waals surface area contributed by atoms with E-state index in [1.54, 1.807) is 14.1 Å². The van der Waals surface area contributed by atoms with Gasteiger partial charge in [-0.05, 0) is 35.9 Å². The van der Waals surface area contributed by atoms with Gasteiger partial charge in [-0.1, -0.05) is 23.7 Å². The number of ether oxygens (including phenoxy) is 1. The van der Waals surface area contributed by atoms with Crippen LogP contribution in [0.25, 0.3) is 0 Å². The second-order valence-corrected chi connectivity index (χ2v) is 10.1. The van der Waals surface area contributed by atoms with Crippen molar-refractivity contribution < 1.29 is 14.6 Å². The first-order valence-corrected chi connectivity index (χ1v) is 11.9. The predicted molar refractivity (Wildman–Crippen MR) is 130 cm³/mol. The molecule has 2 N–H and O–H groups in total. The van der Waals surface area contributed by atoms with E-state index in [1.165, 1.54) is 10.5 Å². The molecule has 2 unspecified atom stereocenters. The number of hydrogen-bond donors (Lipinski definition) is 2. The highest BCUT2D eigenvalue weighted by Crippen LogP contribution is 2.42. The van der Waals surface area contributed by atoms with Crippen LogP contribution in [0.3, 0.4) is 0 Å². The van der Waals surface area contributed by atoms with Crippen LogP contribution in [0.15, 0.2) is 42.5 Å². The van der Waals surface area contributed by atoms with Crippen molar-refractivity contribution in [3.63, 3.8) is 0 Å². The number of likely N-dealkylation sites (tertiary alicyclic amines) is 1. The predicted octanol–water partition coefficient (Wildman–Crippen LogP) is 3.45. The normalized spacial score (nSPS) is 23.9. The Bertz CT molecular complexity index is 1040. The molecule has 3 heterocycles. The molecule has 7 nitrogen and oxygen atoms in total. The number of urea groups is 1. The average molecular weight is 471 g/mol. The van der Waals surface area contributed by atoms with Gasteiger partial charge in [0.25, 0.3) is 0 Å². The van der Waals surface area contributed by atoms with E-state index in [9.17, 15) is 9.90 Å². The fourth-order valence-electron chi connectivity index (χ4n) is 5.35. The number of amides is 2. The number of fused-ring (bicyclic) bond motifs is 1. The summed E-state index contributed by atoms with van der Waals surface area (Å²) >= 11 is 6.17. The summed E-state index contributed by atoms with van der Waals surface area (Å²) in [5, 5.41) is 14.7. The van der Waals surface area contributed by atoms with Gasteiger partial charge in [-0.2, -0.15) is 0 Å². The summed E-state index contributed by atoms with van der Waals surface area (Å²) in [6.07, 6.45) is 2.31. The van der Waals surface area contributed by atoms with Gasteiger partial charge >= 0.3 is 6.03 Å². The molecular weight excluding hydrogens is 440 g/mol. The fraction of sp³-hybridized carbons (Fsp3) is 0.480. The molecule has 0 radical (unpaired) electrons. The summed E-state index contributed by atoms with van der Waals surface area (Å²) in [5.41, 5.74) is 2.74. The summed E-state index contributed by atoms with van der Waals surface area (Å²) in [7, 11) is 3.44. The molecule has 3 aliphatic rings. The summed E-state index contributed by atoms with van der Waals surface area (Å²) in [6, 6.07) is 13.5. The summed E-state index contributed by atoms with van der Waals surface area (Å²) in [5.74, 6) is 0.955. The minimum atomic E-state index is -0.447. The Balaban J connectivity index is 1.24. The zero-order chi connectivity index (χ0) is 23.2. The number of β-amino-alcohol motifs (C(OH)–C–C–N with tert-alkyl or cyclic N) is 1. The number of nitrogens with zero attached hydrogens (tertiary/aromatic N) is 3. The number of aliphatic hydroxyl groups excluding tert-OH is 1. The number of carbonyl (C=O) groups excluding carboxylic acids is 1. The molecular formula is C25H31ClN4O3. The quantitative estimate of drug-likeness (QED) is 0.719. The van der Waals surface area contributed by atoms with E-state index in [2.05, 4.69) is 15.1 Å². The molecule has 0 aliphatic carbocycles. The Kier molecular flexibility index (Phi) is 5.89. The monoisotopic (exact) mass is 470 g/mol. The van der Waals surface area contributed by atoms with Crippen molar-refractivity contribution in [2.24, 2.45) is 0 Å². The van der Waals surface area contributed by atoms with Crippen molar-refractivity contribution in [1.82, 2.24) is 9.80 Å². The van der Waals surface area contributed by atoms with Crippen LogP contribution in [0.1, 0.15) is 18.4 Å². The fourth-order valence-corrected chi connectivity index (χ4v) is 5.55. The van der Waals surface area contributed by atoms with Crippen LogP contribution in [-0.4, -0.2) is 79.0 Å². The van der Waals surface area contributed by atoms with Crippen molar-refractivity contribution >= 4 is 29.0 Å².